The first kappa shape index (κ1) is 17.7. The van der Waals surface area contributed by atoms with Crippen molar-refractivity contribution in [3.05, 3.63) is 28.2 Å². The summed E-state index contributed by atoms with van der Waals surface area (Å²) in [6, 6.07) is 5.23. The van der Waals surface area contributed by atoms with Crippen LogP contribution in [0.25, 0.3) is 0 Å². The van der Waals surface area contributed by atoms with Crippen molar-refractivity contribution in [3.63, 3.8) is 0 Å². The first-order valence-corrected chi connectivity index (χ1v) is 7.77. The molecule has 1 unspecified atom stereocenters. The van der Waals surface area contributed by atoms with Gasteiger partial charge in [-0.05, 0) is 54.4 Å². The fourth-order valence-corrected chi connectivity index (χ4v) is 2.04. The van der Waals surface area contributed by atoms with Crippen molar-refractivity contribution in [2.45, 2.75) is 33.2 Å². The summed E-state index contributed by atoms with van der Waals surface area (Å²) in [5, 5.41) is 5.90. The number of hydrogen-bond acceptors (Lipinski definition) is 4. The molecule has 0 aliphatic heterocycles. The third-order valence-corrected chi connectivity index (χ3v) is 3.63. The van der Waals surface area contributed by atoms with Gasteiger partial charge in [0.15, 0.2) is 0 Å². The molecule has 1 aromatic carbocycles. The van der Waals surface area contributed by atoms with Gasteiger partial charge in [-0.1, -0.05) is 6.92 Å². The maximum atomic E-state index is 11.8. The number of halogens is 1. The molecule has 5 nitrogen and oxygen atoms in total. The quantitative estimate of drug-likeness (QED) is 0.737. The lowest BCUT2D eigenvalue weighted by atomic mass is 10.2. The number of hydrogen-bond donors (Lipinski definition) is 2. The Kier molecular flexibility index (Phi) is 7.39. The van der Waals surface area contributed by atoms with Crippen LogP contribution in [-0.4, -0.2) is 31.1 Å². The fraction of sp³-hybridized carbons (Fsp3) is 0.467. The van der Waals surface area contributed by atoms with Gasteiger partial charge in [-0.3, -0.25) is 4.79 Å². The predicted molar refractivity (Wildman–Crippen MR) is 86.5 cm³/mol. The van der Waals surface area contributed by atoms with Crippen LogP contribution in [0.3, 0.4) is 0 Å². The molecule has 116 valence electrons. The lowest BCUT2D eigenvalue weighted by molar-refractivity contribution is -0.115. The highest BCUT2D eigenvalue weighted by molar-refractivity contribution is 9.10. The lowest BCUT2D eigenvalue weighted by Crippen LogP contribution is -2.34. The second-order valence-corrected chi connectivity index (χ2v) is 5.51. The summed E-state index contributed by atoms with van der Waals surface area (Å²) in [5.74, 6) is -0.505. The van der Waals surface area contributed by atoms with E-state index in [1.54, 1.807) is 25.1 Å². The summed E-state index contributed by atoms with van der Waals surface area (Å²) in [7, 11) is 0. The number of benzene rings is 1. The summed E-state index contributed by atoms with van der Waals surface area (Å²) < 4.78 is 5.57. The Hall–Kier alpha value is -1.40. The van der Waals surface area contributed by atoms with Crippen LogP contribution in [0.5, 0.6) is 0 Å². The first-order valence-electron chi connectivity index (χ1n) is 6.97. The zero-order chi connectivity index (χ0) is 15.8. The number of amides is 1. The van der Waals surface area contributed by atoms with Crippen LogP contribution in [0.15, 0.2) is 22.7 Å². The van der Waals surface area contributed by atoms with E-state index >= 15 is 0 Å². The summed E-state index contributed by atoms with van der Waals surface area (Å²) in [4.78, 5) is 23.4. The molecule has 6 heteroatoms. The van der Waals surface area contributed by atoms with Gasteiger partial charge in [0.05, 0.1) is 24.4 Å². The van der Waals surface area contributed by atoms with E-state index < -0.39 is 0 Å². The number of esters is 1. The molecule has 0 saturated carbocycles. The van der Waals surface area contributed by atoms with Gasteiger partial charge in [-0.25, -0.2) is 4.79 Å². The van der Waals surface area contributed by atoms with Crippen LogP contribution in [0.4, 0.5) is 5.69 Å². The Balaban J connectivity index is 2.64. The number of ether oxygens (including phenoxy) is 1. The summed E-state index contributed by atoms with van der Waals surface area (Å²) in [6.07, 6.45) is 0.964. The van der Waals surface area contributed by atoms with Crippen molar-refractivity contribution in [2.75, 3.05) is 18.5 Å². The molecule has 0 bridgehead atoms. The molecule has 1 amide bonds. The highest BCUT2D eigenvalue weighted by Crippen LogP contribution is 2.24. The Morgan fingerprint density at radius 1 is 1.33 bits per heavy atom. The van der Waals surface area contributed by atoms with Gasteiger partial charge >= 0.3 is 5.97 Å². The van der Waals surface area contributed by atoms with Gasteiger partial charge < -0.3 is 15.4 Å². The highest BCUT2D eigenvalue weighted by Gasteiger charge is 2.11. The van der Waals surface area contributed by atoms with Crippen LogP contribution in [0.2, 0.25) is 0 Å². The van der Waals surface area contributed by atoms with Crippen molar-refractivity contribution < 1.29 is 14.3 Å². The topological polar surface area (TPSA) is 67.4 Å². The van der Waals surface area contributed by atoms with Gasteiger partial charge in [0.25, 0.3) is 0 Å². The fourth-order valence-electron chi connectivity index (χ4n) is 1.56. The van der Waals surface area contributed by atoms with Crippen molar-refractivity contribution in [3.8, 4) is 0 Å². The largest absolute Gasteiger partial charge is 0.462 e. The van der Waals surface area contributed by atoms with Crippen LogP contribution in [0, 0.1) is 0 Å². The van der Waals surface area contributed by atoms with Crippen LogP contribution < -0.4 is 10.6 Å². The van der Waals surface area contributed by atoms with E-state index in [1.165, 1.54) is 0 Å². The number of carbonyl (C=O) groups is 2. The second kappa shape index (κ2) is 8.79. The van der Waals surface area contributed by atoms with Crippen molar-refractivity contribution >= 4 is 33.5 Å². The Labute approximate surface area is 133 Å². The molecular weight excluding hydrogens is 336 g/mol. The molecule has 0 spiro atoms. The molecule has 0 saturated heterocycles. The molecule has 0 radical (unpaired) electrons. The van der Waals surface area contributed by atoms with E-state index in [4.69, 9.17) is 4.74 Å². The van der Waals surface area contributed by atoms with Gasteiger partial charge in [0.2, 0.25) is 5.91 Å². The number of carbonyl (C=O) groups excluding carboxylic acids is 2. The van der Waals surface area contributed by atoms with Crippen molar-refractivity contribution in [1.82, 2.24) is 5.32 Å². The normalized spacial score (nSPS) is 11.8. The van der Waals surface area contributed by atoms with E-state index in [1.807, 2.05) is 6.92 Å². The SMILES string of the molecule is CCOC(=O)c1ccc(NC(=O)CNC(C)CC)c(Br)c1. The molecular formula is C15H21BrN2O3. The minimum absolute atomic E-state index is 0.125. The molecule has 1 atom stereocenters. The van der Waals surface area contributed by atoms with E-state index in [2.05, 4.69) is 33.5 Å². The predicted octanol–water partition coefficient (Wildman–Crippen LogP) is 2.95. The molecule has 0 aromatic heterocycles. The number of rotatable bonds is 7. The van der Waals surface area contributed by atoms with Gasteiger partial charge in [-0.15, -0.1) is 0 Å². The average molecular weight is 357 g/mol. The summed E-state index contributed by atoms with van der Waals surface area (Å²) in [5.41, 5.74) is 1.07. The molecule has 1 rings (SSSR count). The van der Waals surface area contributed by atoms with Crippen molar-refractivity contribution in [1.29, 1.82) is 0 Å². The molecule has 2 N–H and O–H groups in total. The van der Waals surface area contributed by atoms with Crippen LogP contribution >= 0.6 is 15.9 Å². The molecule has 0 aliphatic carbocycles. The highest BCUT2D eigenvalue weighted by atomic mass is 79.9. The van der Waals surface area contributed by atoms with Crippen LogP contribution in [0.1, 0.15) is 37.6 Å². The Morgan fingerprint density at radius 2 is 2.05 bits per heavy atom. The molecule has 0 aliphatic rings. The summed E-state index contributed by atoms with van der Waals surface area (Å²) in [6.45, 7) is 6.42. The molecule has 0 fully saturated rings. The first-order chi connectivity index (χ1) is 9.97. The maximum absolute atomic E-state index is 11.8. The zero-order valence-corrected chi connectivity index (χ0v) is 14.1. The molecule has 0 heterocycles. The Morgan fingerprint density at radius 3 is 2.62 bits per heavy atom. The van der Waals surface area contributed by atoms with E-state index in [0.29, 0.717) is 28.4 Å². The standard InChI is InChI=1S/C15H21BrN2O3/c1-4-10(3)17-9-14(19)18-13-7-6-11(8-12(13)16)15(20)21-5-2/h6-8,10,17H,4-5,9H2,1-3H3,(H,18,19). The Bertz CT molecular complexity index is 506. The second-order valence-electron chi connectivity index (χ2n) is 4.65. The van der Waals surface area contributed by atoms with E-state index in [-0.39, 0.29) is 18.4 Å². The van der Waals surface area contributed by atoms with Gasteiger partial charge in [0.1, 0.15) is 0 Å². The van der Waals surface area contributed by atoms with Gasteiger partial charge in [0, 0.05) is 10.5 Å². The zero-order valence-electron chi connectivity index (χ0n) is 12.5. The minimum Gasteiger partial charge on any atom is -0.462 e. The number of nitrogens with one attached hydrogen (secondary N) is 2. The van der Waals surface area contributed by atoms with Gasteiger partial charge in [-0.2, -0.15) is 0 Å². The van der Waals surface area contributed by atoms with E-state index in [9.17, 15) is 9.59 Å². The minimum atomic E-state index is -0.380. The third-order valence-electron chi connectivity index (χ3n) is 2.98. The lowest BCUT2D eigenvalue weighted by Gasteiger charge is -2.12. The maximum Gasteiger partial charge on any atom is 0.338 e. The summed E-state index contributed by atoms with van der Waals surface area (Å²) >= 11 is 3.35. The molecule has 21 heavy (non-hydrogen) atoms. The third kappa shape index (κ3) is 5.85. The smallest absolute Gasteiger partial charge is 0.338 e. The molecule has 1 aromatic rings. The average Bonchev–Trinajstić information content (AvgIpc) is 2.47. The number of anilines is 1. The van der Waals surface area contributed by atoms with Crippen molar-refractivity contribution in [2.24, 2.45) is 0 Å². The van der Waals surface area contributed by atoms with E-state index in [0.717, 1.165) is 6.42 Å². The monoisotopic (exact) mass is 356 g/mol. The van der Waals surface area contributed by atoms with Crippen LogP contribution in [-0.2, 0) is 9.53 Å².